The van der Waals surface area contributed by atoms with Crippen LogP contribution in [0.5, 0.6) is 0 Å². The molecular formula is C12H24O3Si. The normalized spacial score (nSPS) is 14.4. The molecule has 0 radical (unpaired) electrons. The second-order valence-electron chi connectivity index (χ2n) is 5.05. The Morgan fingerprint density at radius 3 is 2.25 bits per heavy atom. The lowest BCUT2D eigenvalue weighted by atomic mass is 10.1. The van der Waals surface area contributed by atoms with Crippen LogP contribution in [0.2, 0.25) is 19.6 Å². The van der Waals surface area contributed by atoms with E-state index in [-0.39, 0.29) is 12.1 Å². The molecule has 0 spiro atoms. The second kappa shape index (κ2) is 6.86. The third-order valence-electron chi connectivity index (χ3n) is 1.86. The van der Waals surface area contributed by atoms with Crippen LogP contribution in [-0.4, -0.2) is 27.0 Å². The molecule has 0 aromatic carbocycles. The molecule has 0 rings (SSSR count). The summed E-state index contributed by atoms with van der Waals surface area (Å²) >= 11 is 0. The minimum absolute atomic E-state index is 0.00364. The fourth-order valence-electron chi connectivity index (χ4n) is 1.17. The summed E-state index contributed by atoms with van der Waals surface area (Å²) in [7, 11) is -1.58. The molecular weight excluding hydrogens is 220 g/mol. The highest BCUT2D eigenvalue weighted by Crippen LogP contribution is 2.15. The predicted octanol–water partition coefficient (Wildman–Crippen LogP) is 2.98. The number of hydrogen-bond acceptors (Lipinski definition) is 3. The van der Waals surface area contributed by atoms with Gasteiger partial charge in [-0.25, -0.2) is 4.79 Å². The van der Waals surface area contributed by atoms with Crippen LogP contribution in [0, 0.1) is 5.92 Å². The van der Waals surface area contributed by atoms with Gasteiger partial charge in [0.25, 0.3) is 0 Å². The Morgan fingerprint density at radius 2 is 1.88 bits per heavy atom. The Labute approximate surface area is 100.0 Å². The van der Waals surface area contributed by atoms with Gasteiger partial charge in [0, 0.05) is 6.08 Å². The Balaban J connectivity index is 4.40. The van der Waals surface area contributed by atoms with Crippen molar-refractivity contribution in [1.29, 1.82) is 0 Å². The van der Waals surface area contributed by atoms with Crippen molar-refractivity contribution in [2.24, 2.45) is 5.92 Å². The van der Waals surface area contributed by atoms with Crippen LogP contribution >= 0.6 is 0 Å². The van der Waals surface area contributed by atoms with E-state index in [2.05, 4.69) is 33.5 Å². The lowest BCUT2D eigenvalue weighted by Gasteiger charge is -2.26. The summed E-state index contributed by atoms with van der Waals surface area (Å²) < 4.78 is 10.8. The second-order valence-corrected chi connectivity index (χ2v) is 9.51. The lowest BCUT2D eigenvalue weighted by Crippen LogP contribution is -2.33. The van der Waals surface area contributed by atoms with Gasteiger partial charge in [0.1, 0.15) is 0 Å². The summed E-state index contributed by atoms with van der Waals surface area (Å²) in [5, 5.41) is 0. The van der Waals surface area contributed by atoms with Gasteiger partial charge in [-0.15, -0.1) is 0 Å². The Hall–Kier alpha value is -0.613. The third kappa shape index (κ3) is 7.65. The van der Waals surface area contributed by atoms with Crippen molar-refractivity contribution in [2.45, 2.75) is 46.5 Å². The first-order valence-corrected chi connectivity index (χ1v) is 9.20. The molecule has 0 aliphatic carbocycles. The molecule has 16 heavy (non-hydrogen) atoms. The highest BCUT2D eigenvalue weighted by atomic mass is 28.4. The number of esters is 1. The van der Waals surface area contributed by atoms with Crippen molar-refractivity contribution in [1.82, 2.24) is 0 Å². The summed E-state index contributed by atoms with van der Waals surface area (Å²) in [5.74, 6) is 0.0599. The van der Waals surface area contributed by atoms with Crippen LogP contribution in [0.4, 0.5) is 0 Å². The Bertz CT molecular complexity index is 241. The van der Waals surface area contributed by atoms with E-state index in [1.165, 1.54) is 6.08 Å². The van der Waals surface area contributed by atoms with Crippen LogP contribution < -0.4 is 0 Å². The lowest BCUT2D eigenvalue weighted by molar-refractivity contribution is -0.137. The van der Waals surface area contributed by atoms with Crippen molar-refractivity contribution >= 4 is 14.3 Å². The number of hydrogen-bond donors (Lipinski definition) is 0. The Morgan fingerprint density at radius 1 is 1.31 bits per heavy atom. The molecule has 0 unspecified atom stereocenters. The smallest absolute Gasteiger partial charge is 0.330 e. The minimum atomic E-state index is -1.58. The van der Waals surface area contributed by atoms with E-state index in [0.717, 1.165) is 0 Å². The zero-order chi connectivity index (χ0) is 12.8. The molecule has 94 valence electrons. The van der Waals surface area contributed by atoms with Crippen molar-refractivity contribution in [3.8, 4) is 0 Å². The van der Waals surface area contributed by atoms with E-state index in [0.29, 0.717) is 12.5 Å². The molecule has 3 nitrogen and oxygen atoms in total. The van der Waals surface area contributed by atoms with Crippen LogP contribution in [-0.2, 0) is 14.0 Å². The summed E-state index contributed by atoms with van der Waals surface area (Å²) in [6.07, 6.45) is 3.27. The fraction of sp³-hybridized carbons (Fsp3) is 0.750. The van der Waals surface area contributed by atoms with Crippen LogP contribution in [0.25, 0.3) is 0 Å². The SMILES string of the molecule is CCOC(=O)/C=C/[C@H](O[Si](C)(C)C)C(C)C. The van der Waals surface area contributed by atoms with E-state index >= 15 is 0 Å². The van der Waals surface area contributed by atoms with Crippen molar-refractivity contribution in [2.75, 3.05) is 6.61 Å². The molecule has 0 aliphatic heterocycles. The Kier molecular flexibility index (Phi) is 6.60. The van der Waals surface area contributed by atoms with E-state index in [9.17, 15) is 4.79 Å². The predicted molar refractivity (Wildman–Crippen MR) is 68.8 cm³/mol. The van der Waals surface area contributed by atoms with Crippen molar-refractivity contribution in [3.63, 3.8) is 0 Å². The number of rotatable bonds is 6. The fourth-order valence-corrected chi connectivity index (χ4v) is 2.34. The van der Waals surface area contributed by atoms with Gasteiger partial charge in [-0.2, -0.15) is 0 Å². The van der Waals surface area contributed by atoms with E-state index in [1.807, 2.05) is 0 Å². The molecule has 1 atom stereocenters. The third-order valence-corrected chi connectivity index (χ3v) is 2.83. The monoisotopic (exact) mass is 244 g/mol. The molecule has 0 aromatic rings. The standard InChI is InChI=1S/C12H24O3Si/c1-7-14-12(13)9-8-11(10(2)3)15-16(4,5)6/h8-11H,7H2,1-6H3/b9-8+/t11-/m0/s1. The molecule has 4 heteroatoms. The summed E-state index contributed by atoms with van der Waals surface area (Å²) in [5.41, 5.74) is 0. The minimum Gasteiger partial charge on any atom is -0.463 e. The van der Waals surface area contributed by atoms with Gasteiger partial charge in [-0.3, -0.25) is 0 Å². The molecule has 0 aliphatic rings. The zero-order valence-electron chi connectivity index (χ0n) is 11.2. The van der Waals surface area contributed by atoms with Gasteiger partial charge in [0.2, 0.25) is 0 Å². The van der Waals surface area contributed by atoms with Gasteiger partial charge in [-0.05, 0) is 38.6 Å². The molecule has 0 fully saturated rings. The number of carbonyl (C=O) groups excluding carboxylic acids is 1. The zero-order valence-corrected chi connectivity index (χ0v) is 12.2. The molecule has 0 amide bonds. The maximum absolute atomic E-state index is 11.2. The quantitative estimate of drug-likeness (QED) is 0.409. The van der Waals surface area contributed by atoms with Gasteiger partial charge >= 0.3 is 5.97 Å². The average Bonchev–Trinajstić information content (AvgIpc) is 2.10. The van der Waals surface area contributed by atoms with Crippen molar-refractivity contribution in [3.05, 3.63) is 12.2 Å². The summed E-state index contributed by atoms with van der Waals surface area (Å²) in [4.78, 5) is 11.2. The van der Waals surface area contributed by atoms with Gasteiger partial charge in [0.05, 0.1) is 12.7 Å². The maximum Gasteiger partial charge on any atom is 0.330 e. The molecule has 0 saturated heterocycles. The molecule has 0 saturated carbocycles. The number of ether oxygens (including phenoxy) is 1. The number of carbonyl (C=O) groups is 1. The van der Waals surface area contributed by atoms with E-state index in [4.69, 9.17) is 9.16 Å². The molecule has 0 heterocycles. The topological polar surface area (TPSA) is 35.5 Å². The highest BCUT2D eigenvalue weighted by Gasteiger charge is 2.21. The van der Waals surface area contributed by atoms with Crippen LogP contribution in [0.15, 0.2) is 12.2 Å². The van der Waals surface area contributed by atoms with Gasteiger partial charge in [-0.1, -0.05) is 13.8 Å². The molecule has 0 bridgehead atoms. The largest absolute Gasteiger partial charge is 0.463 e. The summed E-state index contributed by atoms with van der Waals surface area (Å²) in [6.45, 7) is 12.8. The van der Waals surface area contributed by atoms with Crippen LogP contribution in [0.1, 0.15) is 20.8 Å². The first kappa shape index (κ1) is 15.4. The molecule has 0 aromatic heterocycles. The van der Waals surface area contributed by atoms with E-state index < -0.39 is 8.32 Å². The maximum atomic E-state index is 11.2. The van der Waals surface area contributed by atoms with Gasteiger partial charge < -0.3 is 9.16 Å². The molecule has 0 N–H and O–H groups in total. The van der Waals surface area contributed by atoms with Crippen LogP contribution in [0.3, 0.4) is 0 Å². The first-order chi connectivity index (χ1) is 7.26. The van der Waals surface area contributed by atoms with Crippen molar-refractivity contribution < 1.29 is 14.0 Å². The highest BCUT2D eigenvalue weighted by molar-refractivity contribution is 6.69. The van der Waals surface area contributed by atoms with Gasteiger partial charge in [0.15, 0.2) is 8.32 Å². The first-order valence-electron chi connectivity index (χ1n) is 5.79. The summed E-state index contributed by atoms with van der Waals surface area (Å²) in [6, 6.07) is 0. The van der Waals surface area contributed by atoms with E-state index in [1.54, 1.807) is 13.0 Å². The average molecular weight is 244 g/mol.